The largest absolute Gasteiger partial charge is 0.394 e. The van der Waals surface area contributed by atoms with Crippen LogP contribution in [0.25, 0.3) is 0 Å². The highest BCUT2D eigenvalue weighted by Crippen LogP contribution is 2.17. The van der Waals surface area contributed by atoms with Gasteiger partial charge in [0, 0.05) is 0 Å². The summed E-state index contributed by atoms with van der Waals surface area (Å²) in [6.07, 6.45) is -4.85. The SMILES string of the molecule is NC(=O)NO.N[C@@H]1[C@@H](O)[C@H](O)[C@@H](CO)O[C@H]1O. The molecule has 0 aromatic heterocycles. The number of aliphatic hydroxyl groups excluding tert-OH is 4. The van der Waals surface area contributed by atoms with Crippen molar-refractivity contribution in [3.8, 4) is 0 Å². The molecule has 2 amide bonds. The first kappa shape index (κ1) is 16.0. The van der Waals surface area contributed by atoms with E-state index in [0.29, 0.717) is 0 Å². The van der Waals surface area contributed by atoms with E-state index in [0.717, 1.165) is 0 Å². The molecule has 0 aliphatic carbocycles. The van der Waals surface area contributed by atoms with Gasteiger partial charge in [-0.3, -0.25) is 5.21 Å². The highest BCUT2D eigenvalue weighted by Gasteiger charge is 2.41. The van der Waals surface area contributed by atoms with E-state index in [1.54, 1.807) is 0 Å². The van der Waals surface area contributed by atoms with Crippen molar-refractivity contribution in [3.05, 3.63) is 0 Å². The van der Waals surface area contributed by atoms with Crippen molar-refractivity contribution in [1.82, 2.24) is 5.48 Å². The molecule has 1 heterocycles. The van der Waals surface area contributed by atoms with Crippen molar-refractivity contribution in [3.63, 3.8) is 0 Å². The van der Waals surface area contributed by atoms with E-state index in [1.807, 2.05) is 0 Å². The second-order valence-corrected chi connectivity index (χ2v) is 3.28. The monoisotopic (exact) mass is 255 g/mol. The maximum atomic E-state index is 9.23. The number of amides is 2. The van der Waals surface area contributed by atoms with Crippen LogP contribution in [0.3, 0.4) is 0 Å². The molecule has 0 saturated carbocycles. The van der Waals surface area contributed by atoms with Crippen LogP contribution in [0.15, 0.2) is 0 Å². The van der Waals surface area contributed by atoms with Crippen LogP contribution >= 0.6 is 0 Å². The number of nitrogens with one attached hydrogen (secondary N) is 1. The van der Waals surface area contributed by atoms with Crippen LogP contribution in [0, 0.1) is 0 Å². The van der Waals surface area contributed by atoms with Crippen molar-refractivity contribution in [2.45, 2.75) is 30.6 Å². The van der Waals surface area contributed by atoms with Crippen LogP contribution in [-0.4, -0.2) is 68.9 Å². The third-order valence-corrected chi connectivity index (χ3v) is 2.06. The Kier molecular flexibility index (Phi) is 6.91. The Balaban J connectivity index is 0.000000437. The van der Waals surface area contributed by atoms with Crippen molar-refractivity contribution >= 4 is 6.03 Å². The Morgan fingerprint density at radius 2 is 1.76 bits per heavy atom. The lowest BCUT2D eigenvalue weighted by molar-refractivity contribution is -0.248. The molecule has 0 radical (unpaired) electrons. The second-order valence-electron chi connectivity index (χ2n) is 3.28. The Labute approximate surface area is 96.4 Å². The third-order valence-electron chi connectivity index (χ3n) is 2.06. The Morgan fingerprint density at radius 3 is 2.12 bits per heavy atom. The second kappa shape index (κ2) is 7.34. The lowest BCUT2D eigenvalue weighted by Gasteiger charge is -2.38. The number of primary amides is 1. The molecule has 17 heavy (non-hydrogen) atoms. The standard InChI is InChI=1S/C6H13NO5.CH4N2O2/c7-3-5(10)4(9)2(1-8)12-6(3)11;2-1(4)3-5/h2-6,8-11H,1,7H2;5H,(H3,2,3,4)/t2-,3-,4-,5-,6-;/m1./s1. The molecule has 102 valence electrons. The maximum Gasteiger partial charge on any atom is 0.335 e. The van der Waals surface area contributed by atoms with Gasteiger partial charge >= 0.3 is 6.03 Å². The lowest BCUT2D eigenvalue weighted by atomic mass is 9.98. The Bertz CT molecular complexity index is 237. The fraction of sp³-hybridized carbons (Fsp3) is 0.857. The Hall–Kier alpha value is -1.01. The first-order valence-corrected chi connectivity index (χ1v) is 4.60. The zero-order valence-electron chi connectivity index (χ0n) is 8.80. The molecule has 10 N–H and O–H groups in total. The van der Waals surface area contributed by atoms with E-state index in [1.165, 1.54) is 5.48 Å². The molecule has 0 bridgehead atoms. The fourth-order valence-corrected chi connectivity index (χ4v) is 1.12. The van der Waals surface area contributed by atoms with Crippen LogP contribution in [0.1, 0.15) is 0 Å². The van der Waals surface area contributed by atoms with E-state index in [4.69, 9.17) is 25.9 Å². The van der Waals surface area contributed by atoms with Crippen LogP contribution in [0.4, 0.5) is 4.79 Å². The molecule has 1 fully saturated rings. The topological polar surface area (TPSA) is 192 Å². The van der Waals surface area contributed by atoms with Crippen molar-refractivity contribution < 1.29 is 35.2 Å². The summed E-state index contributed by atoms with van der Waals surface area (Å²) in [7, 11) is 0. The molecular weight excluding hydrogens is 238 g/mol. The molecule has 0 aromatic rings. The quantitative estimate of drug-likeness (QED) is 0.170. The third kappa shape index (κ3) is 4.79. The van der Waals surface area contributed by atoms with Crippen molar-refractivity contribution in [1.29, 1.82) is 0 Å². The van der Waals surface area contributed by atoms with Gasteiger partial charge in [0.2, 0.25) is 0 Å². The van der Waals surface area contributed by atoms with Crippen molar-refractivity contribution in [2.75, 3.05) is 6.61 Å². The number of carbonyl (C=O) groups is 1. The fourth-order valence-electron chi connectivity index (χ4n) is 1.12. The minimum absolute atomic E-state index is 0.470. The minimum atomic E-state index is -1.35. The first-order valence-electron chi connectivity index (χ1n) is 4.60. The smallest absolute Gasteiger partial charge is 0.335 e. The van der Waals surface area contributed by atoms with Gasteiger partial charge < -0.3 is 36.6 Å². The van der Waals surface area contributed by atoms with Gasteiger partial charge in [-0.15, -0.1) is 0 Å². The summed E-state index contributed by atoms with van der Waals surface area (Å²) in [6.45, 7) is -0.470. The number of nitrogens with two attached hydrogens (primary N) is 2. The minimum Gasteiger partial charge on any atom is -0.394 e. The molecule has 0 unspecified atom stereocenters. The number of carbonyl (C=O) groups excluding carboxylic acids is 1. The Morgan fingerprint density at radius 1 is 1.29 bits per heavy atom. The lowest BCUT2D eigenvalue weighted by Crippen LogP contribution is -2.61. The predicted octanol–water partition coefficient (Wildman–Crippen LogP) is -4.21. The molecule has 1 aliphatic heterocycles. The van der Waals surface area contributed by atoms with Crippen LogP contribution < -0.4 is 16.9 Å². The number of hydrogen-bond donors (Lipinski definition) is 8. The van der Waals surface area contributed by atoms with Crippen molar-refractivity contribution in [2.24, 2.45) is 11.5 Å². The van der Waals surface area contributed by atoms with Gasteiger partial charge in [0.05, 0.1) is 12.6 Å². The highest BCUT2D eigenvalue weighted by atomic mass is 16.6. The normalized spacial score (nSPS) is 36.7. The molecule has 10 heteroatoms. The summed E-state index contributed by atoms with van der Waals surface area (Å²) in [5.74, 6) is 0. The van der Waals surface area contributed by atoms with Gasteiger partial charge in [0.25, 0.3) is 0 Å². The molecule has 10 nitrogen and oxygen atoms in total. The molecule has 1 rings (SSSR count). The van der Waals surface area contributed by atoms with Gasteiger partial charge in [-0.2, -0.15) is 0 Å². The number of aliphatic hydroxyl groups is 4. The van der Waals surface area contributed by atoms with E-state index >= 15 is 0 Å². The summed E-state index contributed by atoms with van der Waals surface area (Å²) in [6, 6.07) is -1.98. The number of hydrogen-bond acceptors (Lipinski definition) is 8. The van der Waals surface area contributed by atoms with Gasteiger partial charge in [-0.05, 0) is 0 Å². The highest BCUT2D eigenvalue weighted by molar-refractivity contribution is 5.69. The van der Waals surface area contributed by atoms with E-state index < -0.39 is 43.3 Å². The summed E-state index contributed by atoms with van der Waals surface area (Å²) < 4.78 is 4.70. The number of urea groups is 1. The van der Waals surface area contributed by atoms with Gasteiger partial charge in [-0.25, -0.2) is 10.3 Å². The molecule has 1 aliphatic rings. The predicted molar refractivity (Wildman–Crippen MR) is 52.5 cm³/mol. The summed E-state index contributed by atoms with van der Waals surface area (Å²) in [5, 5.41) is 43.5. The van der Waals surface area contributed by atoms with E-state index in [9.17, 15) is 15.0 Å². The summed E-state index contributed by atoms with van der Waals surface area (Å²) in [4.78, 5) is 9.23. The zero-order valence-corrected chi connectivity index (χ0v) is 8.80. The van der Waals surface area contributed by atoms with Gasteiger partial charge in [-0.1, -0.05) is 0 Å². The number of hydroxylamine groups is 1. The van der Waals surface area contributed by atoms with Crippen LogP contribution in [0.5, 0.6) is 0 Å². The molecular formula is C7H17N3O7. The summed E-state index contributed by atoms with van der Waals surface area (Å²) >= 11 is 0. The number of rotatable bonds is 1. The molecule has 5 atom stereocenters. The van der Waals surface area contributed by atoms with E-state index in [2.05, 4.69) is 5.73 Å². The average molecular weight is 255 g/mol. The summed E-state index contributed by atoms with van der Waals surface area (Å²) in [5.41, 5.74) is 10.7. The van der Waals surface area contributed by atoms with Gasteiger partial charge in [0.15, 0.2) is 6.29 Å². The molecule has 0 aromatic carbocycles. The first-order chi connectivity index (χ1) is 7.84. The molecule has 1 saturated heterocycles. The van der Waals surface area contributed by atoms with E-state index in [-0.39, 0.29) is 0 Å². The van der Waals surface area contributed by atoms with Crippen LogP contribution in [-0.2, 0) is 4.74 Å². The van der Waals surface area contributed by atoms with Gasteiger partial charge in [0.1, 0.15) is 18.3 Å². The number of ether oxygens (including phenoxy) is 1. The maximum absolute atomic E-state index is 9.23. The molecule has 0 spiro atoms. The van der Waals surface area contributed by atoms with Crippen LogP contribution in [0.2, 0.25) is 0 Å². The zero-order chi connectivity index (χ0) is 13.6. The average Bonchev–Trinajstić information content (AvgIpc) is 2.31.